The normalized spacial score (nSPS) is 35.2. The highest BCUT2D eigenvalue weighted by Gasteiger charge is 2.59. The summed E-state index contributed by atoms with van der Waals surface area (Å²) in [6.45, 7) is 12.6. The Hall–Kier alpha value is -2.14. The van der Waals surface area contributed by atoms with Gasteiger partial charge in [-0.3, -0.25) is 0 Å². The minimum absolute atomic E-state index is 0.0260. The third kappa shape index (κ3) is 5.65. The van der Waals surface area contributed by atoms with Crippen LogP contribution in [0.25, 0.3) is 0 Å². The van der Waals surface area contributed by atoms with Gasteiger partial charge >= 0.3 is 11.9 Å². The quantitative estimate of drug-likeness (QED) is 0.232. The van der Waals surface area contributed by atoms with Gasteiger partial charge in [-0.05, 0) is 109 Å². The second-order valence-corrected chi connectivity index (χ2v) is 14.9. The fraction of sp³-hybridized carbons (Fsp3) is 0.722. The van der Waals surface area contributed by atoms with Gasteiger partial charge in [0.15, 0.2) is 0 Å². The number of carbonyl (C=O) groups excluding carboxylic acids is 1. The minimum atomic E-state index is -1.12. The molecule has 0 aliphatic heterocycles. The lowest BCUT2D eigenvalue weighted by molar-refractivity contribution is -0.0594. The lowest BCUT2D eigenvalue weighted by Gasteiger charge is -2.58. The molecule has 8 atom stereocenters. The average Bonchev–Trinajstić information content (AvgIpc) is 3.29. The maximum Gasteiger partial charge on any atom is 0.339 e. The van der Waals surface area contributed by atoms with Crippen LogP contribution in [-0.2, 0) is 11.3 Å². The Balaban J connectivity index is 1.27. The summed E-state index contributed by atoms with van der Waals surface area (Å²) in [5, 5.41) is 9.62. The Kier molecular flexibility index (Phi) is 8.77. The molecule has 4 aliphatic carbocycles. The third-order valence-corrected chi connectivity index (χ3v) is 12.3. The highest BCUT2D eigenvalue weighted by atomic mass is 16.5. The lowest BCUT2D eigenvalue weighted by atomic mass is 9.47. The van der Waals surface area contributed by atoms with Crippen LogP contribution in [0.2, 0.25) is 0 Å². The van der Waals surface area contributed by atoms with E-state index >= 15 is 0 Å². The topological polar surface area (TPSA) is 89.6 Å². The first kappa shape index (κ1) is 30.3. The molecule has 4 aliphatic rings. The molecule has 3 saturated carbocycles. The molecule has 41 heavy (non-hydrogen) atoms. The lowest BCUT2D eigenvalue weighted by Crippen LogP contribution is -2.51. The molecular formula is C36H53NO4. The third-order valence-electron chi connectivity index (χ3n) is 12.3. The number of aromatic carboxylic acids is 1. The molecule has 0 unspecified atom stereocenters. The molecule has 0 radical (unpaired) electrons. The predicted octanol–water partition coefficient (Wildman–Crippen LogP) is 8.41. The van der Waals surface area contributed by atoms with Gasteiger partial charge in [0.1, 0.15) is 6.10 Å². The van der Waals surface area contributed by atoms with Gasteiger partial charge in [0.25, 0.3) is 0 Å². The van der Waals surface area contributed by atoms with E-state index in [2.05, 4.69) is 40.7 Å². The van der Waals surface area contributed by atoms with E-state index in [1.165, 1.54) is 56.6 Å². The van der Waals surface area contributed by atoms with Gasteiger partial charge in [-0.15, -0.1) is 0 Å². The zero-order valence-corrected chi connectivity index (χ0v) is 26.1. The number of esters is 1. The van der Waals surface area contributed by atoms with E-state index < -0.39 is 11.9 Å². The van der Waals surface area contributed by atoms with Gasteiger partial charge in [-0.2, -0.15) is 0 Å². The number of ether oxygens (including phenoxy) is 1. The van der Waals surface area contributed by atoms with Crippen LogP contribution in [0.5, 0.6) is 0 Å². The number of carboxylic acids is 1. The van der Waals surface area contributed by atoms with Crippen LogP contribution in [0.4, 0.5) is 0 Å². The van der Waals surface area contributed by atoms with Crippen molar-refractivity contribution in [3.63, 3.8) is 0 Å². The van der Waals surface area contributed by atoms with Crippen molar-refractivity contribution in [3.8, 4) is 0 Å². The maximum atomic E-state index is 13.2. The average molecular weight is 564 g/mol. The number of benzene rings is 1. The number of rotatable bonds is 9. The molecule has 0 aromatic heterocycles. The van der Waals surface area contributed by atoms with Gasteiger partial charge in [-0.1, -0.05) is 71.6 Å². The summed E-state index contributed by atoms with van der Waals surface area (Å²) in [5.74, 6) is 3.13. The number of carboxylic acid groups (broad SMARTS) is 1. The van der Waals surface area contributed by atoms with Crippen LogP contribution >= 0.6 is 0 Å². The molecule has 5 rings (SSSR count). The van der Waals surface area contributed by atoms with E-state index in [9.17, 15) is 14.7 Å². The van der Waals surface area contributed by atoms with E-state index in [0.717, 1.165) is 60.8 Å². The van der Waals surface area contributed by atoms with Crippen molar-refractivity contribution >= 4 is 11.9 Å². The van der Waals surface area contributed by atoms with Crippen LogP contribution in [0.1, 0.15) is 132 Å². The molecule has 1 aromatic carbocycles. The monoisotopic (exact) mass is 563 g/mol. The van der Waals surface area contributed by atoms with Crippen LogP contribution in [0, 0.1) is 46.3 Å². The number of carbonyl (C=O) groups is 2. The standard InChI is InChI=1S/C36H53NO4/c1-22(2)7-6-8-23(3)30-13-14-31-28-12-10-25-20-26(15-17-35(25,4)32(28)16-18-36(30,31)5)41-34(40)29-19-24(21-37)9-11-27(29)33(38)39/h9-11,19,22-23,26,28,30-32H,6-8,12-18,20-21,37H2,1-5H3,(H,38,39)/t23-,26+,28+,30-,31+,32+,35+,36-/m1/s1. The first-order valence-corrected chi connectivity index (χ1v) is 16.4. The fourth-order valence-electron chi connectivity index (χ4n) is 10.0. The zero-order valence-electron chi connectivity index (χ0n) is 26.1. The molecular weight excluding hydrogens is 510 g/mol. The zero-order chi connectivity index (χ0) is 29.5. The van der Waals surface area contributed by atoms with Gasteiger partial charge in [-0.25, -0.2) is 9.59 Å². The minimum Gasteiger partial charge on any atom is -0.478 e. The summed E-state index contributed by atoms with van der Waals surface area (Å²) in [6, 6.07) is 4.69. The van der Waals surface area contributed by atoms with E-state index in [4.69, 9.17) is 10.5 Å². The molecule has 1 aromatic rings. The van der Waals surface area contributed by atoms with Crippen molar-refractivity contribution in [2.24, 2.45) is 52.1 Å². The largest absolute Gasteiger partial charge is 0.478 e. The molecule has 0 spiro atoms. The molecule has 5 nitrogen and oxygen atoms in total. The highest BCUT2D eigenvalue weighted by Crippen LogP contribution is 2.67. The summed E-state index contributed by atoms with van der Waals surface area (Å²) in [4.78, 5) is 24.9. The Bertz CT molecular complexity index is 1170. The summed E-state index contributed by atoms with van der Waals surface area (Å²) < 4.78 is 5.99. The Morgan fingerprint density at radius 3 is 2.51 bits per heavy atom. The Labute approximate surface area is 247 Å². The molecule has 226 valence electrons. The molecule has 3 N–H and O–H groups in total. The summed E-state index contributed by atoms with van der Waals surface area (Å²) in [7, 11) is 0. The van der Waals surface area contributed by atoms with Crippen molar-refractivity contribution in [1.82, 2.24) is 0 Å². The molecule has 3 fully saturated rings. The van der Waals surface area contributed by atoms with E-state index in [-0.39, 0.29) is 29.2 Å². The number of allylic oxidation sites excluding steroid dienone is 1. The fourth-order valence-corrected chi connectivity index (χ4v) is 10.0. The van der Waals surface area contributed by atoms with Crippen molar-refractivity contribution in [3.05, 3.63) is 46.5 Å². The first-order chi connectivity index (χ1) is 19.5. The number of hydrogen-bond donors (Lipinski definition) is 2. The van der Waals surface area contributed by atoms with Crippen LogP contribution < -0.4 is 5.73 Å². The highest BCUT2D eigenvalue weighted by molar-refractivity contribution is 6.02. The van der Waals surface area contributed by atoms with E-state index in [0.29, 0.717) is 11.3 Å². The maximum absolute atomic E-state index is 13.2. The Morgan fingerprint density at radius 1 is 1.02 bits per heavy atom. The van der Waals surface area contributed by atoms with Crippen LogP contribution in [-0.4, -0.2) is 23.1 Å². The van der Waals surface area contributed by atoms with Gasteiger partial charge in [0, 0.05) is 13.0 Å². The molecule has 0 bridgehead atoms. The molecule has 0 saturated heterocycles. The summed E-state index contributed by atoms with van der Waals surface area (Å²) in [5.41, 5.74) is 8.69. The van der Waals surface area contributed by atoms with Crippen molar-refractivity contribution in [2.45, 2.75) is 118 Å². The van der Waals surface area contributed by atoms with Gasteiger partial charge in [0.05, 0.1) is 11.1 Å². The number of hydrogen-bond acceptors (Lipinski definition) is 4. The number of nitrogens with two attached hydrogens (primary N) is 1. The Morgan fingerprint density at radius 2 is 1.80 bits per heavy atom. The van der Waals surface area contributed by atoms with Crippen molar-refractivity contribution < 1.29 is 19.4 Å². The molecule has 0 heterocycles. The summed E-state index contributed by atoms with van der Waals surface area (Å²) >= 11 is 0. The van der Waals surface area contributed by atoms with Crippen molar-refractivity contribution in [1.29, 1.82) is 0 Å². The predicted molar refractivity (Wildman–Crippen MR) is 164 cm³/mol. The van der Waals surface area contributed by atoms with Gasteiger partial charge in [0.2, 0.25) is 0 Å². The second kappa shape index (κ2) is 11.9. The number of fused-ring (bicyclic) bond motifs is 5. The smallest absolute Gasteiger partial charge is 0.339 e. The van der Waals surface area contributed by atoms with Crippen molar-refractivity contribution in [2.75, 3.05) is 0 Å². The first-order valence-electron chi connectivity index (χ1n) is 16.4. The van der Waals surface area contributed by atoms with E-state index in [1.54, 1.807) is 12.1 Å². The van der Waals surface area contributed by atoms with Crippen LogP contribution in [0.15, 0.2) is 29.8 Å². The SMILES string of the molecule is CC(C)CCC[C@@H](C)[C@H]1CC[C@H]2[C@@H]3CC=C4C[C@@H](OC(=O)c5cc(CN)ccc5C(=O)O)CC[C@]4(C)[C@H]3CC[C@]12C. The van der Waals surface area contributed by atoms with Gasteiger partial charge < -0.3 is 15.6 Å². The molecule has 0 amide bonds. The van der Waals surface area contributed by atoms with E-state index in [1.807, 2.05) is 0 Å². The van der Waals surface area contributed by atoms with Crippen LogP contribution in [0.3, 0.4) is 0 Å². The summed E-state index contributed by atoms with van der Waals surface area (Å²) in [6.07, 6.45) is 15.7. The second-order valence-electron chi connectivity index (χ2n) is 14.9. The molecule has 5 heteroatoms.